The Hall–Kier alpha value is -2.43. The number of carbonyl (C=O) groups is 1. The monoisotopic (exact) mass is 283 g/mol. The van der Waals surface area contributed by atoms with Gasteiger partial charge in [-0.15, -0.1) is 0 Å². The van der Waals surface area contributed by atoms with Gasteiger partial charge in [0.05, 0.1) is 29.6 Å². The Bertz CT molecular complexity index is 794. The summed E-state index contributed by atoms with van der Waals surface area (Å²) in [4.78, 5) is 19.9. The minimum Gasteiger partial charge on any atom is -0.464 e. The molecule has 5 heteroatoms. The summed E-state index contributed by atoms with van der Waals surface area (Å²) in [7, 11) is 0. The molecular weight excluding hydrogens is 266 g/mol. The summed E-state index contributed by atoms with van der Waals surface area (Å²) in [6.45, 7) is 3.86. The molecule has 1 unspecified atom stereocenters. The Kier molecular flexibility index (Phi) is 3.56. The third kappa shape index (κ3) is 2.46. The van der Waals surface area contributed by atoms with Crippen LogP contribution in [0.3, 0.4) is 0 Å². The number of ether oxygens (including phenoxy) is 1. The Labute approximate surface area is 122 Å². The molecule has 3 rings (SSSR count). The smallest absolute Gasteiger partial charge is 0.302 e. The third-order valence-electron chi connectivity index (χ3n) is 3.65. The van der Waals surface area contributed by atoms with Gasteiger partial charge in [-0.25, -0.2) is 4.98 Å². The minimum absolute atomic E-state index is 0.0738. The van der Waals surface area contributed by atoms with E-state index >= 15 is 0 Å². The van der Waals surface area contributed by atoms with Gasteiger partial charge in [-0.3, -0.25) is 9.78 Å². The van der Waals surface area contributed by atoms with Crippen molar-refractivity contribution in [1.82, 2.24) is 14.5 Å². The van der Waals surface area contributed by atoms with E-state index in [0.717, 1.165) is 28.4 Å². The van der Waals surface area contributed by atoms with E-state index in [1.54, 1.807) is 12.5 Å². The lowest BCUT2D eigenvalue weighted by molar-refractivity contribution is -0.142. The zero-order chi connectivity index (χ0) is 14.8. The molecule has 0 saturated heterocycles. The summed E-state index contributed by atoms with van der Waals surface area (Å²) in [6, 6.07) is 8.07. The van der Waals surface area contributed by atoms with Crippen LogP contribution < -0.4 is 0 Å². The molecule has 0 bridgehead atoms. The molecule has 5 nitrogen and oxygen atoms in total. The topological polar surface area (TPSA) is 57.0 Å². The van der Waals surface area contributed by atoms with Crippen LogP contribution in [0.25, 0.3) is 21.9 Å². The first-order chi connectivity index (χ1) is 10.2. The van der Waals surface area contributed by atoms with Crippen LogP contribution in [0.4, 0.5) is 0 Å². The van der Waals surface area contributed by atoms with E-state index in [4.69, 9.17) is 4.74 Å². The van der Waals surface area contributed by atoms with Gasteiger partial charge >= 0.3 is 5.97 Å². The van der Waals surface area contributed by atoms with Crippen LogP contribution in [-0.2, 0) is 9.53 Å². The molecule has 1 atom stereocenters. The number of rotatable bonds is 4. The van der Waals surface area contributed by atoms with Crippen molar-refractivity contribution in [3.8, 4) is 0 Å². The second-order valence-electron chi connectivity index (χ2n) is 5.03. The highest BCUT2D eigenvalue weighted by Gasteiger charge is 2.16. The molecular formula is C16H17N3O2. The first kappa shape index (κ1) is 13.5. The molecule has 0 N–H and O–H groups in total. The zero-order valence-electron chi connectivity index (χ0n) is 12.1. The van der Waals surface area contributed by atoms with E-state index in [2.05, 4.69) is 21.5 Å². The number of imidazole rings is 1. The van der Waals surface area contributed by atoms with E-state index in [1.165, 1.54) is 6.92 Å². The molecule has 0 amide bonds. The summed E-state index contributed by atoms with van der Waals surface area (Å²) in [5.74, 6) is -0.260. The highest BCUT2D eigenvalue weighted by Crippen LogP contribution is 2.26. The molecule has 2 heterocycles. The summed E-state index contributed by atoms with van der Waals surface area (Å²) >= 11 is 0. The lowest BCUT2D eigenvalue weighted by atomic mass is 10.1. The molecule has 0 fully saturated rings. The first-order valence-electron chi connectivity index (χ1n) is 7.04. The third-order valence-corrected chi connectivity index (χ3v) is 3.65. The average molecular weight is 283 g/mol. The second-order valence-corrected chi connectivity index (χ2v) is 5.03. The van der Waals surface area contributed by atoms with Crippen LogP contribution in [0.2, 0.25) is 0 Å². The molecule has 3 aromatic rings. The highest BCUT2D eigenvalue weighted by molar-refractivity contribution is 6.01. The lowest BCUT2D eigenvalue weighted by Gasteiger charge is -2.17. The molecule has 108 valence electrons. The summed E-state index contributed by atoms with van der Waals surface area (Å²) in [5, 5.41) is 1.06. The number of nitrogens with zero attached hydrogens (tertiary/aromatic N) is 3. The van der Waals surface area contributed by atoms with Gasteiger partial charge in [-0.05, 0) is 12.5 Å². The van der Waals surface area contributed by atoms with Gasteiger partial charge in [0.15, 0.2) is 0 Å². The number of para-hydroxylation sites is 1. The maximum absolute atomic E-state index is 11.1. The van der Waals surface area contributed by atoms with Crippen molar-refractivity contribution in [1.29, 1.82) is 0 Å². The average Bonchev–Trinajstić information content (AvgIpc) is 2.92. The number of hydrogen-bond donors (Lipinski definition) is 0. The number of fused-ring (bicyclic) bond motifs is 3. The fourth-order valence-electron chi connectivity index (χ4n) is 2.55. The molecule has 1 aromatic carbocycles. The number of esters is 1. The minimum atomic E-state index is -0.260. The maximum Gasteiger partial charge on any atom is 0.302 e. The lowest BCUT2D eigenvalue weighted by Crippen LogP contribution is -2.16. The van der Waals surface area contributed by atoms with Crippen LogP contribution in [-0.4, -0.2) is 27.1 Å². The Morgan fingerprint density at radius 3 is 2.86 bits per heavy atom. The SMILES string of the molecule is CCC(COC(C)=O)n1cnc2cnc3ccccc3c21. The molecule has 0 radical (unpaired) electrons. The van der Waals surface area contributed by atoms with Crippen LogP contribution in [0.15, 0.2) is 36.8 Å². The van der Waals surface area contributed by atoms with E-state index in [-0.39, 0.29) is 12.0 Å². The van der Waals surface area contributed by atoms with Gasteiger partial charge in [-0.2, -0.15) is 0 Å². The fraction of sp³-hybridized carbons (Fsp3) is 0.312. The Morgan fingerprint density at radius 2 is 2.10 bits per heavy atom. The summed E-state index contributed by atoms with van der Waals surface area (Å²) < 4.78 is 7.26. The van der Waals surface area contributed by atoms with Gasteiger partial charge in [0, 0.05) is 12.3 Å². The van der Waals surface area contributed by atoms with Crippen LogP contribution in [0.1, 0.15) is 26.3 Å². The van der Waals surface area contributed by atoms with E-state index in [1.807, 2.05) is 24.3 Å². The van der Waals surface area contributed by atoms with Crippen LogP contribution in [0.5, 0.6) is 0 Å². The summed E-state index contributed by atoms with van der Waals surface area (Å²) in [6.07, 6.45) is 4.44. The van der Waals surface area contributed by atoms with E-state index in [9.17, 15) is 4.79 Å². The molecule has 2 aromatic heterocycles. The van der Waals surface area contributed by atoms with E-state index < -0.39 is 0 Å². The maximum atomic E-state index is 11.1. The van der Waals surface area contributed by atoms with Crippen molar-refractivity contribution in [3.63, 3.8) is 0 Å². The van der Waals surface area contributed by atoms with Crippen LogP contribution >= 0.6 is 0 Å². The van der Waals surface area contributed by atoms with Crippen LogP contribution in [0, 0.1) is 0 Å². The number of carbonyl (C=O) groups excluding carboxylic acids is 1. The van der Waals surface area contributed by atoms with Crippen molar-refractivity contribution in [2.24, 2.45) is 0 Å². The van der Waals surface area contributed by atoms with Gasteiger partial charge < -0.3 is 9.30 Å². The van der Waals surface area contributed by atoms with Gasteiger partial charge in [0.2, 0.25) is 0 Å². The quantitative estimate of drug-likeness (QED) is 0.690. The predicted octanol–water partition coefficient (Wildman–Crippen LogP) is 3.10. The van der Waals surface area contributed by atoms with Crippen molar-refractivity contribution >= 4 is 27.9 Å². The number of benzene rings is 1. The largest absolute Gasteiger partial charge is 0.464 e. The fourth-order valence-corrected chi connectivity index (χ4v) is 2.55. The van der Waals surface area contributed by atoms with Gasteiger partial charge in [0.25, 0.3) is 0 Å². The van der Waals surface area contributed by atoms with Crippen molar-refractivity contribution in [2.45, 2.75) is 26.3 Å². The highest BCUT2D eigenvalue weighted by atomic mass is 16.5. The number of pyridine rings is 1. The van der Waals surface area contributed by atoms with Gasteiger partial charge in [-0.1, -0.05) is 25.1 Å². The molecule has 0 aliphatic rings. The summed E-state index contributed by atoms with van der Waals surface area (Å²) in [5.41, 5.74) is 2.84. The number of hydrogen-bond acceptors (Lipinski definition) is 4. The van der Waals surface area contributed by atoms with E-state index in [0.29, 0.717) is 6.61 Å². The van der Waals surface area contributed by atoms with Crippen molar-refractivity contribution < 1.29 is 9.53 Å². The normalized spacial score (nSPS) is 12.7. The second kappa shape index (κ2) is 5.52. The standard InChI is InChI=1S/C16H17N3O2/c1-3-12(9-21-11(2)20)19-10-18-15-8-17-14-7-5-4-6-13(14)16(15)19/h4-8,10,12H,3,9H2,1-2H3. The van der Waals surface area contributed by atoms with Crippen molar-refractivity contribution in [2.75, 3.05) is 6.61 Å². The molecule has 21 heavy (non-hydrogen) atoms. The number of aromatic nitrogens is 3. The Morgan fingerprint density at radius 1 is 1.29 bits per heavy atom. The zero-order valence-corrected chi connectivity index (χ0v) is 12.1. The van der Waals surface area contributed by atoms with Crippen molar-refractivity contribution in [3.05, 3.63) is 36.8 Å². The molecule has 0 spiro atoms. The molecule has 0 aliphatic carbocycles. The van der Waals surface area contributed by atoms with Gasteiger partial charge in [0.1, 0.15) is 12.1 Å². The Balaban J connectivity index is 2.13. The molecule has 0 saturated carbocycles. The first-order valence-corrected chi connectivity index (χ1v) is 7.04. The predicted molar refractivity (Wildman–Crippen MR) is 81.0 cm³/mol. The molecule has 0 aliphatic heterocycles.